The van der Waals surface area contributed by atoms with Crippen molar-refractivity contribution in [1.82, 2.24) is 4.90 Å². The summed E-state index contributed by atoms with van der Waals surface area (Å²) < 4.78 is 11.1. The van der Waals surface area contributed by atoms with Crippen LogP contribution >= 0.6 is 11.6 Å². The minimum Gasteiger partial charge on any atom is -0.486 e. The zero-order valence-electron chi connectivity index (χ0n) is 15.4. The molecule has 0 radical (unpaired) electrons. The zero-order valence-corrected chi connectivity index (χ0v) is 16.2. The molecule has 28 heavy (non-hydrogen) atoms. The largest absolute Gasteiger partial charge is 0.486 e. The van der Waals surface area contributed by atoms with Crippen LogP contribution in [0, 0.1) is 0 Å². The molecule has 0 unspecified atom stereocenters. The quantitative estimate of drug-likeness (QED) is 0.665. The van der Waals surface area contributed by atoms with Crippen LogP contribution in [0.4, 0.5) is 5.69 Å². The molecule has 1 heterocycles. The van der Waals surface area contributed by atoms with Gasteiger partial charge in [-0.2, -0.15) is 0 Å². The molecule has 1 aromatic heterocycles. The molecule has 0 aliphatic rings. The van der Waals surface area contributed by atoms with Gasteiger partial charge in [0.25, 0.3) is 11.8 Å². The van der Waals surface area contributed by atoms with Gasteiger partial charge in [0.15, 0.2) is 5.76 Å². The van der Waals surface area contributed by atoms with Gasteiger partial charge in [-0.25, -0.2) is 0 Å². The van der Waals surface area contributed by atoms with E-state index in [1.54, 1.807) is 38.4 Å². The smallest absolute Gasteiger partial charge is 0.291 e. The summed E-state index contributed by atoms with van der Waals surface area (Å²) in [5, 5.41) is 2.99. The Morgan fingerprint density at radius 3 is 2.54 bits per heavy atom. The van der Waals surface area contributed by atoms with Gasteiger partial charge in [-0.3, -0.25) is 9.59 Å². The minimum atomic E-state index is -0.470. The number of para-hydroxylation sites is 1. The number of amides is 2. The molecular weight excluding hydrogens is 380 g/mol. The SMILES string of the molecule is CN(C)C(=O)c1ccc(Cl)c(NC(=O)c2ccc(COc3ccccc3)o2)c1. The number of halogens is 1. The molecule has 0 spiro atoms. The van der Waals surface area contributed by atoms with Crippen LogP contribution in [-0.2, 0) is 6.61 Å². The first kappa shape index (κ1) is 19.5. The highest BCUT2D eigenvalue weighted by atomic mass is 35.5. The number of benzene rings is 2. The molecule has 7 heteroatoms. The number of hydrogen-bond acceptors (Lipinski definition) is 4. The lowest BCUT2D eigenvalue weighted by Gasteiger charge is -2.12. The van der Waals surface area contributed by atoms with Crippen molar-refractivity contribution in [2.24, 2.45) is 0 Å². The molecule has 3 aromatic rings. The van der Waals surface area contributed by atoms with E-state index in [0.29, 0.717) is 27.8 Å². The fraction of sp³-hybridized carbons (Fsp3) is 0.143. The fourth-order valence-corrected chi connectivity index (χ4v) is 2.61. The highest BCUT2D eigenvalue weighted by molar-refractivity contribution is 6.34. The summed E-state index contributed by atoms with van der Waals surface area (Å²) in [4.78, 5) is 26.0. The first-order chi connectivity index (χ1) is 13.4. The standard InChI is InChI=1S/C21H19ClN2O4/c1-24(2)21(26)14-8-10-17(22)18(12-14)23-20(25)19-11-9-16(28-19)13-27-15-6-4-3-5-7-15/h3-12H,13H2,1-2H3,(H,23,25). The Balaban J connectivity index is 1.67. The summed E-state index contributed by atoms with van der Waals surface area (Å²) in [6.07, 6.45) is 0. The van der Waals surface area contributed by atoms with E-state index in [1.165, 1.54) is 11.0 Å². The number of hydrogen-bond donors (Lipinski definition) is 1. The van der Waals surface area contributed by atoms with E-state index in [2.05, 4.69) is 5.32 Å². The third-order valence-corrected chi connectivity index (χ3v) is 4.21. The maximum absolute atomic E-state index is 12.5. The van der Waals surface area contributed by atoms with Gasteiger partial charge in [-0.15, -0.1) is 0 Å². The van der Waals surface area contributed by atoms with Gasteiger partial charge in [0.05, 0.1) is 10.7 Å². The number of carbonyl (C=O) groups is 2. The van der Waals surface area contributed by atoms with Crippen LogP contribution in [0.25, 0.3) is 0 Å². The Bertz CT molecular complexity index is 983. The van der Waals surface area contributed by atoms with Gasteiger partial charge in [0.1, 0.15) is 18.1 Å². The van der Waals surface area contributed by atoms with Crippen molar-refractivity contribution in [2.45, 2.75) is 6.61 Å². The van der Waals surface area contributed by atoms with Crippen LogP contribution < -0.4 is 10.1 Å². The van der Waals surface area contributed by atoms with Crippen molar-refractivity contribution in [3.63, 3.8) is 0 Å². The van der Waals surface area contributed by atoms with E-state index in [0.717, 1.165) is 0 Å². The third-order valence-electron chi connectivity index (χ3n) is 3.88. The topological polar surface area (TPSA) is 71.8 Å². The average molecular weight is 399 g/mol. The van der Waals surface area contributed by atoms with Crippen molar-refractivity contribution >= 4 is 29.1 Å². The van der Waals surface area contributed by atoms with Gasteiger partial charge in [0.2, 0.25) is 0 Å². The number of anilines is 1. The number of ether oxygens (including phenoxy) is 1. The van der Waals surface area contributed by atoms with E-state index >= 15 is 0 Å². The number of furan rings is 1. The lowest BCUT2D eigenvalue weighted by molar-refractivity contribution is 0.0827. The molecule has 0 aliphatic carbocycles. The van der Waals surface area contributed by atoms with E-state index < -0.39 is 5.91 Å². The molecular formula is C21H19ClN2O4. The van der Waals surface area contributed by atoms with Crippen molar-refractivity contribution < 1.29 is 18.7 Å². The van der Waals surface area contributed by atoms with Crippen molar-refractivity contribution in [1.29, 1.82) is 0 Å². The minimum absolute atomic E-state index is 0.118. The summed E-state index contributed by atoms with van der Waals surface area (Å²) in [5.74, 6) is 0.676. The molecule has 0 saturated carbocycles. The predicted octanol–water partition coefficient (Wildman–Crippen LogP) is 4.47. The monoisotopic (exact) mass is 398 g/mol. The van der Waals surface area contributed by atoms with Gasteiger partial charge in [0, 0.05) is 19.7 Å². The third kappa shape index (κ3) is 4.72. The van der Waals surface area contributed by atoms with Gasteiger partial charge in [-0.05, 0) is 42.5 Å². The summed E-state index contributed by atoms with van der Waals surface area (Å²) in [7, 11) is 3.30. The van der Waals surface area contributed by atoms with Crippen LogP contribution in [0.1, 0.15) is 26.7 Å². The Kier molecular flexibility index (Phi) is 6.01. The molecule has 0 saturated heterocycles. The van der Waals surface area contributed by atoms with Crippen LogP contribution in [0.15, 0.2) is 65.1 Å². The van der Waals surface area contributed by atoms with E-state index in [1.807, 2.05) is 30.3 Å². The Hall–Kier alpha value is -3.25. The average Bonchev–Trinajstić information content (AvgIpc) is 3.17. The molecule has 0 atom stereocenters. The molecule has 6 nitrogen and oxygen atoms in total. The predicted molar refractivity (Wildman–Crippen MR) is 107 cm³/mol. The lowest BCUT2D eigenvalue weighted by atomic mass is 10.1. The van der Waals surface area contributed by atoms with Crippen molar-refractivity contribution in [3.05, 3.63) is 82.8 Å². The molecule has 0 bridgehead atoms. The first-order valence-electron chi connectivity index (χ1n) is 8.53. The van der Waals surface area contributed by atoms with Crippen molar-refractivity contribution in [3.8, 4) is 5.75 Å². The van der Waals surface area contributed by atoms with E-state index in [4.69, 9.17) is 20.8 Å². The highest BCUT2D eigenvalue weighted by Gasteiger charge is 2.16. The van der Waals surface area contributed by atoms with E-state index in [9.17, 15) is 9.59 Å². The van der Waals surface area contributed by atoms with Crippen LogP contribution in [-0.4, -0.2) is 30.8 Å². The molecule has 0 aliphatic heterocycles. The number of carbonyl (C=O) groups excluding carboxylic acids is 2. The molecule has 2 aromatic carbocycles. The molecule has 1 N–H and O–H groups in total. The zero-order chi connectivity index (χ0) is 20.1. The first-order valence-corrected chi connectivity index (χ1v) is 8.91. The Morgan fingerprint density at radius 1 is 1.07 bits per heavy atom. The summed E-state index contributed by atoms with van der Waals surface area (Å²) >= 11 is 6.14. The van der Waals surface area contributed by atoms with Gasteiger partial charge < -0.3 is 19.4 Å². The van der Waals surface area contributed by atoms with Gasteiger partial charge in [-0.1, -0.05) is 29.8 Å². The van der Waals surface area contributed by atoms with Crippen LogP contribution in [0.5, 0.6) is 5.75 Å². The second-order valence-electron chi connectivity index (χ2n) is 6.22. The molecule has 3 rings (SSSR count). The summed E-state index contributed by atoms with van der Waals surface area (Å²) in [6, 6.07) is 17.2. The summed E-state index contributed by atoms with van der Waals surface area (Å²) in [6.45, 7) is 0.199. The molecule has 2 amide bonds. The van der Waals surface area contributed by atoms with Crippen molar-refractivity contribution in [2.75, 3.05) is 19.4 Å². The second-order valence-corrected chi connectivity index (χ2v) is 6.62. The maximum Gasteiger partial charge on any atom is 0.291 e. The second kappa shape index (κ2) is 8.63. The van der Waals surface area contributed by atoms with Gasteiger partial charge >= 0.3 is 0 Å². The Morgan fingerprint density at radius 2 is 1.82 bits per heavy atom. The number of rotatable bonds is 6. The maximum atomic E-state index is 12.5. The highest BCUT2D eigenvalue weighted by Crippen LogP contribution is 2.24. The van der Waals surface area contributed by atoms with Crippen LogP contribution in [0.3, 0.4) is 0 Å². The molecule has 0 fully saturated rings. The number of nitrogens with zero attached hydrogens (tertiary/aromatic N) is 1. The molecule has 144 valence electrons. The fourth-order valence-electron chi connectivity index (χ4n) is 2.44. The Labute approximate surface area is 167 Å². The summed E-state index contributed by atoms with van der Waals surface area (Å²) in [5.41, 5.74) is 0.749. The lowest BCUT2D eigenvalue weighted by Crippen LogP contribution is -2.22. The number of nitrogens with one attached hydrogen (secondary N) is 1. The normalized spacial score (nSPS) is 10.4. The van der Waals surface area contributed by atoms with E-state index in [-0.39, 0.29) is 18.3 Å². The van der Waals surface area contributed by atoms with Crippen LogP contribution in [0.2, 0.25) is 5.02 Å².